The van der Waals surface area contributed by atoms with Crippen molar-refractivity contribution in [3.8, 4) is 11.8 Å². The van der Waals surface area contributed by atoms with Crippen molar-refractivity contribution in [3.63, 3.8) is 0 Å². The summed E-state index contributed by atoms with van der Waals surface area (Å²) in [6, 6.07) is 3.61. The maximum atomic E-state index is 13.9. The van der Waals surface area contributed by atoms with Crippen molar-refractivity contribution in [3.05, 3.63) is 29.6 Å². The first kappa shape index (κ1) is 18.0. The molecule has 2 N–H and O–H groups in total. The molecule has 0 atom stereocenters. The molecule has 0 heterocycles. The van der Waals surface area contributed by atoms with Gasteiger partial charge in [0.2, 0.25) is 10.0 Å². The third-order valence-corrected chi connectivity index (χ3v) is 5.46. The molecule has 1 rings (SSSR count). The Morgan fingerprint density at radius 2 is 2.10 bits per heavy atom. The van der Waals surface area contributed by atoms with Crippen LogP contribution in [0.5, 0.6) is 0 Å². The Kier molecular flexibility index (Phi) is 6.23. The van der Waals surface area contributed by atoms with Crippen LogP contribution >= 0.6 is 11.8 Å². The fourth-order valence-corrected chi connectivity index (χ4v) is 2.93. The van der Waals surface area contributed by atoms with E-state index in [1.54, 1.807) is 0 Å². The summed E-state index contributed by atoms with van der Waals surface area (Å²) < 4.78 is 40.3. The first-order valence-corrected chi connectivity index (χ1v) is 8.87. The van der Waals surface area contributed by atoms with Crippen LogP contribution in [0.1, 0.15) is 19.4 Å². The zero-order valence-electron chi connectivity index (χ0n) is 12.1. The van der Waals surface area contributed by atoms with Crippen molar-refractivity contribution in [2.75, 3.05) is 19.4 Å². The van der Waals surface area contributed by atoms with Crippen LogP contribution in [-0.4, -0.2) is 37.7 Å². The number of halogens is 1. The molecule has 0 aromatic heterocycles. The minimum absolute atomic E-state index is 0.196. The normalized spacial score (nSPS) is 11.9. The van der Waals surface area contributed by atoms with Gasteiger partial charge >= 0.3 is 0 Å². The Morgan fingerprint density at radius 3 is 2.62 bits per heavy atom. The van der Waals surface area contributed by atoms with Crippen molar-refractivity contribution in [2.45, 2.75) is 23.5 Å². The van der Waals surface area contributed by atoms with E-state index in [-0.39, 0.29) is 17.9 Å². The quantitative estimate of drug-likeness (QED) is 0.804. The highest BCUT2D eigenvalue weighted by atomic mass is 32.2. The molecule has 0 amide bonds. The number of aliphatic hydroxyl groups excluding tert-OH is 1. The van der Waals surface area contributed by atoms with Crippen molar-refractivity contribution < 1.29 is 17.9 Å². The Labute approximate surface area is 129 Å². The zero-order valence-corrected chi connectivity index (χ0v) is 13.7. The number of nitrogens with one attached hydrogen (secondary N) is 1. The minimum atomic E-state index is -3.91. The molecule has 0 radical (unpaired) electrons. The summed E-state index contributed by atoms with van der Waals surface area (Å²) in [5.74, 6) is 4.03. The molecule has 0 fully saturated rings. The predicted octanol–water partition coefficient (Wildman–Crippen LogP) is 1.59. The molecule has 0 saturated carbocycles. The summed E-state index contributed by atoms with van der Waals surface area (Å²) >= 11 is 1.52. The van der Waals surface area contributed by atoms with Gasteiger partial charge < -0.3 is 5.11 Å². The highest BCUT2D eigenvalue weighted by Crippen LogP contribution is 2.21. The average Bonchev–Trinajstić information content (AvgIpc) is 2.43. The molecular weight excluding hydrogens is 313 g/mol. The van der Waals surface area contributed by atoms with Gasteiger partial charge in [0, 0.05) is 16.9 Å². The molecule has 0 bridgehead atoms. The fraction of sp³-hybridized carbons (Fsp3) is 0.429. The van der Waals surface area contributed by atoms with E-state index < -0.39 is 20.7 Å². The van der Waals surface area contributed by atoms with Gasteiger partial charge in [-0.3, -0.25) is 0 Å². The van der Waals surface area contributed by atoms with E-state index in [1.165, 1.54) is 23.9 Å². The lowest BCUT2D eigenvalue weighted by atomic mass is 10.2. The SMILES string of the molecule is CSC(C)(C)CNS(=O)(=O)c1ccc(C#CCO)cc1F. The lowest BCUT2D eigenvalue weighted by Gasteiger charge is -2.22. The monoisotopic (exact) mass is 331 g/mol. The van der Waals surface area contributed by atoms with Gasteiger partial charge in [0.05, 0.1) is 0 Å². The standard InChI is InChI=1S/C14H18FNO3S2/c1-14(2,20-3)10-16-21(18,19)13-7-6-11(5-4-8-17)9-12(13)15/h6-7,9,16-17H,8,10H2,1-3H3. The third-order valence-electron chi connectivity index (χ3n) is 2.77. The minimum Gasteiger partial charge on any atom is -0.384 e. The smallest absolute Gasteiger partial charge is 0.243 e. The van der Waals surface area contributed by atoms with Gasteiger partial charge in [-0.05, 0) is 38.3 Å². The molecule has 0 aliphatic carbocycles. The molecule has 7 heteroatoms. The van der Waals surface area contributed by atoms with Gasteiger partial charge in [0.15, 0.2) is 0 Å². The van der Waals surface area contributed by atoms with Gasteiger partial charge in [-0.2, -0.15) is 11.8 Å². The summed E-state index contributed by atoms with van der Waals surface area (Å²) in [5, 5.41) is 8.58. The Hall–Kier alpha value is -1.07. The van der Waals surface area contributed by atoms with Crippen LogP contribution in [-0.2, 0) is 10.0 Å². The van der Waals surface area contributed by atoms with Crippen molar-refractivity contribution >= 4 is 21.8 Å². The summed E-state index contributed by atoms with van der Waals surface area (Å²) in [6.07, 6.45) is 1.88. The van der Waals surface area contributed by atoms with Crippen LogP contribution in [0.15, 0.2) is 23.1 Å². The van der Waals surface area contributed by atoms with Gasteiger partial charge in [-0.1, -0.05) is 11.8 Å². The molecule has 4 nitrogen and oxygen atoms in total. The molecular formula is C14H18FNO3S2. The van der Waals surface area contributed by atoms with Crippen molar-refractivity contribution in [2.24, 2.45) is 0 Å². The molecule has 0 spiro atoms. The number of thioether (sulfide) groups is 1. The van der Waals surface area contributed by atoms with Gasteiger partial charge in [0.25, 0.3) is 0 Å². The largest absolute Gasteiger partial charge is 0.384 e. The van der Waals surface area contributed by atoms with Crippen LogP contribution in [0.25, 0.3) is 0 Å². The van der Waals surface area contributed by atoms with E-state index in [0.29, 0.717) is 5.56 Å². The van der Waals surface area contributed by atoms with Gasteiger partial charge in [0.1, 0.15) is 17.3 Å². The predicted molar refractivity (Wildman–Crippen MR) is 83.1 cm³/mol. The highest BCUT2D eigenvalue weighted by Gasteiger charge is 2.23. The lowest BCUT2D eigenvalue weighted by molar-refractivity contribution is 0.350. The summed E-state index contributed by atoms with van der Waals surface area (Å²) in [4.78, 5) is -0.408. The van der Waals surface area contributed by atoms with Gasteiger partial charge in [-0.15, -0.1) is 0 Å². The maximum absolute atomic E-state index is 13.9. The van der Waals surface area contributed by atoms with E-state index in [4.69, 9.17) is 5.11 Å². The lowest BCUT2D eigenvalue weighted by Crippen LogP contribution is -2.36. The van der Waals surface area contributed by atoms with Crippen molar-refractivity contribution in [1.29, 1.82) is 0 Å². The topological polar surface area (TPSA) is 66.4 Å². The number of benzene rings is 1. The number of rotatable bonds is 5. The van der Waals surface area contributed by atoms with Gasteiger partial charge in [-0.25, -0.2) is 17.5 Å². The van der Waals surface area contributed by atoms with E-state index in [1.807, 2.05) is 20.1 Å². The molecule has 0 aliphatic rings. The average molecular weight is 331 g/mol. The summed E-state index contributed by atoms with van der Waals surface area (Å²) in [7, 11) is -3.91. The third kappa shape index (κ3) is 5.32. The first-order valence-electron chi connectivity index (χ1n) is 6.16. The maximum Gasteiger partial charge on any atom is 0.243 e. The van der Waals surface area contributed by atoms with E-state index in [9.17, 15) is 12.8 Å². The fourth-order valence-electron chi connectivity index (χ4n) is 1.36. The second-order valence-corrected chi connectivity index (χ2v) is 8.14. The second-order valence-electron chi connectivity index (χ2n) is 4.89. The number of hydrogen-bond acceptors (Lipinski definition) is 4. The van der Waals surface area contributed by atoms with Crippen LogP contribution in [0.2, 0.25) is 0 Å². The van der Waals surface area contributed by atoms with E-state index in [0.717, 1.165) is 6.07 Å². The number of hydrogen-bond donors (Lipinski definition) is 2. The van der Waals surface area contributed by atoms with Crippen LogP contribution in [0.3, 0.4) is 0 Å². The first-order chi connectivity index (χ1) is 9.72. The Bertz CT molecular complexity index is 661. The van der Waals surface area contributed by atoms with E-state index >= 15 is 0 Å². The Balaban J connectivity index is 2.99. The molecule has 0 unspecified atom stereocenters. The van der Waals surface area contributed by atoms with Crippen LogP contribution < -0.4 is 4.72 Å². The van der Waals surface area contributed by atoms with E-state index in [2.05, 4.69) is 16.6 Å². The Morgan fingerprint density at radius 1 is 1.43 bits per heavy atom. The molecule has 1 aromatic carbocycles. The molecule has 0 saturated heterocycles. The second kappa shape index (κ2) is 7.27. The number of aliphatic hydroxyl groups is 1. The molecule has 116 valence electrons. The number of sulfonamides is 1. The molecule has 0 aliphatic heterocycles. The summed E-state index contributed by atoms with van der Waals surface area (Å²) in [5.41, 5.74) is 0.310. The summed E-state index contributed by atoms with van der Waals surface area (Å²) in [6.45, 7) is 3.64. The highest BCUT2D eigenvalue weighted by molar-refractivity contribution is 8.00. The van der Waals surface area contributed by atoms with Crippen LogP contribution in [0, 0.1) is 17.7 Å². The van der Waals surface area contributed by atoms with Crippen LogP contribution in [0.4, 0.5) is 4.39 Å². The molecule has 1 aromatic rings. The molecule has 21 heavy (non-hydrogen) atoms. The zero-order chi connectivity index (χ0) is 16.1. The van der Waals surface area contributed by atoms with Crippen molar-refractivity contribution in [1.82, 2.24) is 4.72 Å².